The first-order chi connectivity index (χ1) is 68.5. The van der Waals surface area contributed by atoms with Crippen LogP contribution in [0.2, 0.25) is 0 Å². The van der Waals surface area contributed by atoms with Crippen LogP contribution >= 0.6 is 0 Å². The number of ether oxygens (including phenoxy) is 12. The second kappa shape index (κ2) is 56.7. The van der Waals surface area contributed by atoms with Gasteiger partial charge in [0.05, 0.1) is 90.1 Å². The van der Waals surface area contributed by atoms with Gasteiger partial charge in [0.2, 0.25) is 11.6 Å². The van der Waals surface area contributed by atoms with Gasteiger partial charge >= 0.3 is 11.9 Å². The van der Waals surface area contributed by atoms with E-state index in [4.69, 9.17) is 71.9 Å². The zero-order chi connectivity index (χ0) is 110. The quantitative estimate of drug-likeness (QED) is 0.0422. The lowest BCUT2D eigenvalue weighted by Gasteiger charge is -2.42. The van der Waals surface area contributed by atoms with E-state index in [0.717, 1.165) is 15.4 Å². The van der Waals surface area contributed by atoms with Gasteiger partial charge in [0.1, 0.15) is 60.3 Å². The van der Waals surface area contributed by atoms with E-state index >= 15 is 0 Å². The molecule has 0 radical (unpaired) electrons. The number of hydrogen-bond acceptors (Lipinski definition) is 28. The van der Waals surface area contributed by atoms with Crippen LogP contribution in [0.3, 0.4) is 0 Å². The smallest absolute Gasteiger partial charge is 0.329 e. The van der Waals surface area contributed by atoms with Crippen molar-refractivity contribution >= 4 is 58.5 Å². The Kier molecular flexibility index (Phi) is 41.4. The molecular weight excluding hydrogens is 1750 g/mol. The van der Waals surface area contributed by atoms with Crippen molar-refractivity contribution < 1.29 is 151 Å². The van der Waals surface area contributed by atoms with Crippen LogP contribution in [0.1, 0.15) is 266 Å². The number of allylic oxidation sites excluding steroid dienone is 12. The molecule has 4 saturated heterocycles. The minimum Gasteiger partial charge on any atom is -0.460 e. The third-order valence-electron chi connectivity index (χ3n) is 29.3. The first-order valence-electron chi connectivity index (χ1n) is 54.5. The monoisotopic (exact) mass is 1930 g/mol. The Labute approximate surface area is 823 Å². The average Bonchev–Trinajstić information content (AvgIpc) is 0.779. The highest BCUT2D eigenvalue weighted by molar-refractivity contribution is 6.39. The number of carbonyl (C=O) groups is 10. The van der Waals surface area contributed by atoms with Gasteiger partial charge in [0.15, 0.2) is 11.6 Å². The summed E-state index contributed by atoms with van der Waals surface area (Å²) < 4.78 is 155. The molecule has 0 aromatic rings. The summed E-state index contributed by atoms with van der Waals surface area (Å²) >= 11 is 0. The molecule has 136 heavy (non-hydrogen) atoms. The fraction of sp³-hybridized carbons (Fsp3) is 0.755. The molecule has 30 atom stereocenters. The van der Waals surface area contributed by atoms with E-state index in [9.17, 15) is 78.6 Å². The lowest BCUT2D eigenvalue weighted by atomic mass is 9.78. The van der Waals surface area contributed by atoms with Crippen LogP contribution in [-0.2, 0) is 105 Å². The Bertz CT molecular complexity index is 4640. The third-order valence-corrected chi connectivity index (χ3v) is 29.3. The van der Waals surface area contributed by atoms with Gasteiger partial charge in [0, 0.05) is 117 Å². The van der Waals surface area contributed by atoms with Crippen LogP contribution in [0.25, 0.3) is 0 Å². The molecule has 2 aliphatic carbocycles. The molecule has 8 rings (SSSR count). The molecule has 6 aliphatic heterocycles. The van der Waals surface area contributed by atoms with Crippen LogP contribution in [0.5, 0.6) is 0 Å². The van der Waals surface area contributed by atoms with Crippen molar-refractivity contribution in [3.05, 3.63) is 95.2 Å². The Morgan fingerprint density at radius 3 is 1.19 bits per heavy atom. The van der Waals surface area contributed by atoms with Crippen molar-refractivity contribution in [2.45, 2.75) is 360 Å². The van der Waals surface area contributed by atoms with Crippen LogP contribution in [-0.4, -0.2) is 290 Å². The highest BCUT2D eigenvalue weighted by atomic mass is 16.6. The van der Waals surface area contributed by atoms with Crippen molar-refractivity contribution in [2.75, 3.05) is 81.9 Å². The minimum atomic E-state index is -3.29. The summed E-state index contributed by atoms with van der Waals surface area (Å²) in [5, 5.41) is 66.6. The lowest BCUT2D eigenvalue weighted by Crippen LogP contribution is -2.61. The van der Waals surface area contributed by atoms with Crippen molar-refractivity contribution in [1.82, 2.24) is 9.80 Å². The van der Waals surface area contributed by atoms with Crippen molar-refractivity contribution in [1.29, 1.82) is 0 Å². The van der Waals surface area contributed by atoms with Crippen molar-refractivity contribution in [3.63, 3.8) is 0 Å². The number of Topliss-reactive ketones (excluding diaryl/α,β-unsaturated/α-hetero) is 6. The van der Waals surface area contributed by atoms with E-state index in [1.807, 2.05) is 64.2 Å². The molecule has 6 fully saturated rings. The molecule has 768 valence electrons. The molecule has 6 N–H and O–H groups in total. The number of rotatable bonds is 18. The molecule has 2 saturated carbocycles. The van der Waals surface area contributed by atoms with E-state index in [-0.39, 0.29) is 118 Å². The van der Waals surface area contributed by atoms with E-state index in [1.165, 1.54) is 34.5 Å². The Balaban J connectivity index is 0.000000398. The number of fused-ring (bicyclic) bond motifs is 6. The predicted octanol–water partition coefficient (Wildman–Crippen LogP) is 12.4. The zero-order valence-corrected chi connectivity index (χ0v) is 83.5. The second-order valence-corrected chi connectivity index (χ2v) is 39.7. The fourth-order valence-corrected chi connectivity index (χ4v) is 20.5. The minimum absolute atomic E-state index is 0.0148. The van der Waals surface area contributed by atoms with Crippen LogP contribution in [0.15, 0.2) is 95.2 Å². The predicted molar refractivity (Wildman–Crippen MR) is 512 cm³/mol. The molecule has 0 aromatic heterocycles. The van der Waals surface area contributed by atoms with Gasteiger partial charge in [-0.2, -0.15) is 0 Å². The number of amides is 2. The third kappa shape index (κ3) is 32.6. The van der Waals surface area contributed by atoms with Gasteiger partial charge in [-0.05, 0) is 214 Å². The average molecular weight is 1930 g/mol. The van der Waals surface area contributed by atoms with Gasteiger partial charge in [-0.3, -0.25) is 38.4 Å². The molecule has 6 heterocycles. The maximum Gasteiger partial charge on any atom is 0.329 e. The lowest BCUT2D eigenvalue weighted by molar-refractivity contribution is -0.265. The number of esters is 2. The number of aliphatic hydroxyl groups is 6. The largest absolute Gasteiger partial charge is 0.460 e. The molecule has 4 bridgehead atoms. The summed E-state index contributed by atoms with van der Waals surface area (Å²) in [6.07, 6.45) is 14.5. The topological polar surface area (TPSA) is 409 Å². The van der Waals surface area contributed by atoms with Crippen LogP contribution in [0.4, 0.5) is 0 Å². The number of piperidine rings is 2. The number of aliphatic hydroxyl groups excluding tert-OH is 2. The number of nitrogens with zero attached hydrogens (tertiary/aromatic N) is 2. The van der Waals surface area contributed by atoms with E-state index in [0.29, 0.717) is 113 Å². The summed E-state index contributed by atoms with van der Waals surface area (Å²) in [7, 11) is 4.23. The van der Waals surface area contributed by atoms with E-state index in [1.54, 1.807) is 107 Å². The molecule has 0 unspecified atom stereocenters. The Morgan fingerprint density at radius 1 is 0.456 bits per heavy atom. The number of cyclic esters (lactones) is 2. The van der Waals surface area contributed by atoms with E-state index in [2.05, 4.69) is 0 Å². The maximum absolute atomic E-state index is 14.5. The Morgan fingerprint density at radius 2 is 0.838 bits per heavy atom. The zero-order valence-electron chi connectivity index (χ0n) is 94.5. The second-order valence-electron chi connectivity index (χ2n) is 39.7. The maximum atomic E-state index is 14.5. The standard InChI is InChI=1S/2C53H83NO14/c2*1-32-16-12-11-13-17-33(2)44(63-8)30-40-21-19-38(7)53(62,68-40)50(59)51(60)54-23-15-14-18-41(54)52(61)67-45(35(4)28-39-20-22-43(66-25-24-55)46(29-39)64-9)31-42(56)34(3)27-37(6)48(58)49(65-10)47(57)36(5)26-32/h2*11-13,16-17,27,32,34-36,38-41,43-46,48-49,55,58,62H,14-15,18-26,28-31H2,1-10H3/b13-11?,16-12+,33-17?,37-27+;13-11+,16-12+,33-17+,37-27+/t2*32-,34-,35-,36-,38-,39+,40+,41+,43-,44+,45+,46-,48-,49+,53-/m11/s1/i8D3,24D2,25D2;24D2,25D2. The van der Waals surface area contributed by atoms with Gasteiger partial charge in [0.25, 0.3) is 23.4 Å². The van der Waals surface area contributed by atoms with E-state index < -0.39 is 225 Å². The van der Waals surface area contributed by atoms with Gasteiger partial charge in [-0.25, -0.2) is 9.59 Å². The molecular formula is C106H166N2O28. The number of ketones is 6. The molecule has 2 amide bonds. The van der Waals surface area contributed by atoms with Crippen LogP contribution < -0.4 is 0 Å². The van der Waals surface area contributed by atoms with Gasteiger partial charge in [-0.15, -0.1) is 0 Å². The SMILES string of the molecule is [2H]C([2H])(O)C([2H])([2H])O[C@@H]1CC[C@@H](C[C@@H](C)[C@@H]2CC(=O)[C@H](C)/C=C(\C)[C@@H](O)[C@@H](OC)C(=O)[C@H](C)C[C@H](C)/C=C/C=C/C=C(\C)[C@@H](OC)C[C@@H]3CC[C@@H](C)[C@@](O)(O3)C(=O)C(=O)N3CCCC[C@H]3C(=O)O2)C[C@H]1OC.[2H]C([2H])([2H])O[C@H]1C[C@@H]2CC[C@@H](C)[C@@](O)(O2)C(=O)C(=O)N2CCCC[C@H]2C(=O)O[C@H]([C@H](C)C[C@@H]2CC[C@@H](OC([2H])([2H])C([2H])([2H])O)[C@H](OC)C2)CC(=O)[C@H](C)/C=C(\C)[C@@H](O)[C@@H](OC)C(=O)[C@H](C)C[C@H](C)/C=C/C=CC=C1C. The molecule has 30 heteroatoms. The normalized spacial score (nSPS) is 40.3. The van der Waals surface area contributed by atoms with Crippen molar-refractivity contribution in [2.24, 2.45) is 71.0 Å². The summed E-state index contributed by atoms with van der Waals surface area (Å²) in [6.45, 7) is 11.7. The molecule has 0 aromatic carbocycles. The summed E-state index contributed by atoms with van der Waals surface area (Å²) in [4.78, 5) is 145. The number of carbonyl (C=O) groups excluding carboxylic acids is 10. The number of hydrogen-bond donors (Lipinski definition) is 6. The first-order valence-corrected chi connectivity index (χ1v) is 49.0. The molecule has 0 spiro atoms. The number of methoxy groups -OCH3 is 6. The highest BCUT2D eigenvalue weighted by Gasteiger charge is 2.56. The van der Waals surface area contributed by atoms with Crippen LogP contribution in [0, 0.1) is 71.0 Å². The molecule has 30 nitrogen and oxygen atoms in total. The first kappa shape index (κ1) is 99.3. The van der Waals surface area contributed by atoms with Gasteiger partial charge in [-0.1, -0.05) is 142 Å². The summed E-state index contributed by atoms with van der Waals surface area (Å²) in [5.74, 6) is -18.7. The summed E-state index contributed by atoms with van der Waals surface area (Å²) in [6, 6.07) is -2.52. The Hall–Kier alpha value is -6.82. The molecule has 8 aliphatic rings. The fourth-order valence-electron chi connectivity index (χ4n) is 20.5. The van der Waals surface area contributed by atoms with Gasteiger partial charge < -0.3 is 97.3 Å². The van der Waals surface area contributed by atoms with Crippen molar-refractivity contribution in [3.8, 4) is 0 Å². The summed E-state index contributed by atoms with van der Waals surface area (Å²) in [5.41, 5.74) is 1.99. The highest BCUT2D eigenvalue weighted by Crippen LogP contribution is 2.43.